The van der Waals surface area contributed by atoms with E-state index in [-0.39, 0.29) is 35.1 Å². The summed E-state index contributed by atoms with van der Waals surface area (Å²) in [7, 11) is -3.93. The molecule has 1 heterocycles. The van der Waals surface area contributed by atoms with Crippen LogP contribution in [0, 0.1) is 0 Å². The third-order valence-corrected chi connectivity index (χ3v) is 7.93. The van der Waals surface area contributed by atoms with Crippen LogP contribution in [0.1, 0.15) is 64.4 Å². The highest BCUT2D eigenvalue weighted by Crippen LogP contribution is 2.41. The van der Waals surface area contributed by atoms with Gasteiger partial charge < -0.3 is 4.42 Å². The van der Waals surface area contributed by atoms with Crippen molar-refractivity contribution in [2.24, 2.45) is 0 Å². The Morgan fingerprint density at radius 1 is 1.03 bits per heavy atom. The molecule has 2 aliphatic carbocycles. The highest BCUT2D eigenvalue weighted by molar-refractivity contribution is 7.92. The molecule has 0 aliphatic heterocycles. The van der Waals surface area contributed by atoms with Crippen LogP contribution in [0.25, 0.3) is 0 Å². The quantitative estimate of drug-likeness (QED) is 0.613. The highest BCUT2D eigenvalue weighted by atomic mass is 35.5. The lowest BCUT2D eigenvalue weighted by Crippen LogP contribution is -2.19. The van der Waals surface area contributed by atoms with Crippen molar-refractivity contribution in [2.75, 3.05) is 5.75 Å². The number of rotatable bonds is 7. The predicted octanol–water partition coefficient (Wildman–Crippen LogP) is 4.09. The van der Waals surface area contributed by atoms with E-state index >= 15 is 0 Å². The number of benzene rings is 1. The van der Waals surface area contributed by atoms with Gasteiger partial charge in [-0.25, -0.2) is 8.42 Å². The molecular formula is C22H23ClO5S. The Labute approximate surface area is 175 Å². The highest BCUT2D eigenvalue weighted by Gasteiger charge is 2.30. The number of carbonyl (C=O) groups is 2. The van der Waals surface area contributed by atoms with Crippen LogP contribution in [0.4, 0.5) is 0 Å². The van der Waals surface area contributed by atoms with E-state index in [0.717, 1.165) is 77.6 Å². The summed E-state index contributed by atoms with van der Waals surface area (Å²) in [4.78, 5) is 24.5. The SMILES string of the molecule is CCC(=O)c1coc(S(=O)(=O)CC(=O)Cc2c3c(c(Cl)c4c2CCC4)CCC3)c1. The lowest BCUT2D eigenvalue weighted by molar-refractivity contribution is -0.116. The molecule has 5 nitrogen and oxygen atoms in total. The van der Waals surface area contributed by atoms with Crippen LogP contribution in [0.5, 0.6) is 0 Å². The van der Waals surface area contributed by atoms with Crippen molar-refractivity contribution in [3.05, 3.63) is 50.7 Å². The van der Waals surface area contributed by atoms with Gasteiger partial charge in [-0.1, -0.05) is 18.5 Å². The number of furan rings is 1. The average Bonchev–Trinajstić information content (AvgIpc) is 3.43. The van der Waals surface area contributed by atoms with Gasteiger partial charge in [0.25, 0.3) is 0 Å². The molecule has 4 rings (SSSR count). The zero-order chi connectivity index (χ0) is 20.8. The number of ketones is 2. The molecule has 0 amide bonds. The largest absolute Gasteiger partial charge is 0.452 e. The Hall–Kier alpha value is -1.92. The van der Waals surface area contributed by atoms with E-state index < -0.39 is 15.6 Å². The number of halogens is 1. The van der Waals surface area contributed by atoms with E-state index in [2.05, 4.69) is 0 Å². The summed E-state index contributed by atoms with van der Waals surface area (Å²) in [6.45, 7) is 1.69. The van der Waals surface area contributed by atoms with Crippen LogP contribution in [-0.4, -0.2) is 25.7 Å². The minimum absolute atomic E-state index is 0.0997. The van der Waals surface area contributed by atoms with Crippen molar-refractivity contribution in [2.45, 2.75) is 63.4 Å². The monoisotopic (exact) mass is 434 g/mol. The maximum atomic E-state index is 12.8. The van der Waals surface area contributed by atoms with Gasteiger partial charge in [-0.3, -0.25) is 9.59 Å². The van der Waals surface area contributed by atoms with Gasteiger partial charge in [0, 0.05) is 23.9 Å². The third kappa shape index (κ3) is 3.68. The minimum atomic E-state index is -3.93. The number of hydrogen-bond acceptors (Lipinski definition) is 5. The molecule has 2 aromatic rings. The van der Waals surface area contributed by atoms with Crippen LogP contribution in [-0.2, 0) is 46.7 Å². The molecular weight excluding hydrogens is 412 g/mol. The van der Waals surface area contributed by atoms with E-state index in [1.165, 1.54) is 6.07 Å². The fourth-order valence-electron chi connectivity index (χ4n) is 4.58. The number of hydrogen-bond donors (Lipinski definition) is 0. The van der Waals surface area contributed by atoms with E-state index in [1.54, 1.807) is 6.92 Å². The van der Waals surface area contributed by atoms with Crippen molar-refractivity contribution in [3.8, 4) is 0 Å². The van der Waals surface area contributed by atoms with Crippen molar-refractivity contribution in [1.82, 2.24) is 0 Å². The second-order valence-corrected chi connectivity index (χ2v) is 10.1. The Kier molecular flexibility index (Phi) is 5.42. The zero-order valence-electron chi connectivity index (χ0n) is 16.3. The number of sulfone groups is 1. The normalized spacial score (nSPS) is 15.4. The molecule has 0 unspecified atom stereocenters. The van der Waals surface area contributed by atoms with E-state index in [0.29, 0.717) is 0 Å². The smallest absolute Gasteiger partial charge is 0.218 e. The summed E-state index contributed by atoms with van der Waals surface area (Å²) in [6, 6.07) is 1.21. The van der Waals surface area contributed by atoms with Gasteiger partial charge in [0.15, 0.2) is 11.6 Å². The first kappa shape index (κ1) is 20.4. The molecule has 0 spiro atoms. The molecule has 154 valence electrons. The topological polar surface area (TPSA) is 81.4 Å². The van der Waals surface area contributed by atoms with Gasteiger partial charge in [0.1, 0.15) is 12.0 Å². The van der Waals surface area contributed by atoms with Crippen molar-refractivity contribution in [3.63, 3.8) is 0 Å². The van der Waals surface area contributed by atoms with Gasteiger partial charge in [0.2, 0.25) is 14.9 Å². The Bertz CT molecular complexity index is 1080. The Morgan fingerprint density at radius 3 is 2.21 bits per heavy atom. The Balaban J connectivity index is 1.58. The Morgan fingerprint density at radius 2 is 1.62 bits per heavy atom. The molecule has 0 bridgehead atoms. The van der Waals surface area contributed by atoms with Crippen molar-refractivity contribution >= 4 is 33.0 Å². The van der Waals surface area contributed by atoms with Gasteiger partial charge >= 0.3 is 0 Å². The van der Waals surface area contributed by atoms with Crippen LogP contribution in [0.2, 0.25) is 5.02 Å². The molecule has 29 heavy (non-hydrogen) atoms. The van der Waals surface area contributed by atoms with Gasteiger partial charge in [-0.15, -0.1) is 0 Å². The standard InChI is InChI=1S/C22H23ClO5S/c1-2-20(25)13-9-21(28-11-13)29(26,27)12-14(24)10-19-15-5-3-7-17(15)22(23)18-8-4-6-16(18)19/h9,11H,2-8,10,12H2,1H3. The molecule has 0 fully saturated rings. The van der Waals surface area contributed by atoms with E-state index in [9.17, 15) is 18.0 Å². The first-order valence-corrected chi connectivity index (χ1v) is 12.0. The third-order valence-electron chi connectivity index (χ3n) is 5.94. The number of carbonyl (C=O) groups excluding carboxylic acids is 2. The fourth-order valence-corrected chi connectivity index (χ4v) is 6.16. The summed E-state index contributed by atoms with van der Waals surface area (Å²) in [5, 5.41) is 0.534. The summed E-state index contributed by atoms with van der Waals surface area (Å²) in [5.74, 6) is -1.20. The van der Waals surface area contributed by atoms with Gasteiger partial charge in [-0.2, -0.15) is 0 Å². The van der Waals surface area contributed by atoms with E-state index in [4.69, 9.17) is 16.0 Å². The lowest BCUT2D eigenvalue weighted by atomic mass is 9.91. The molecule has 0 saturated heterocycles. The van der Waals surface area contributed by atoms with Crippen LogP contribution in [0.15, 0.2) is 21.8 Å². The molecule has 1 aromatic carbocycles. The number of Topliss-reactive ketones (excluding diaryl/α,β-unsaturated/α-hetero) is 2. The van der Waals surface area contributed by atoms with Crippen LogP contribution < -0.4 is 0 Å². The minimum Gasteiger partial charge on any atom is -0.452 e. The molecule has 7 heteroatoms. The fraction of sp³-hybridized carbons (Fsp3) is 0.455. The van der Waals surface area contributed by atoms with Crippen LogP contribution >= 0.6 is 11.6 Å². The second-order valence-electron chi connectivity index (χ2n) is 7.82. The second kappa shape index (κ2) is 7.73. The summed E-state index contributed by atoms with van der Waals surface area (Å²) < 4.78 is 30.4. The molecule has 0 radical (unpaired) electrons. The van der Waals surface area contributed by atoms with Crippen molar-refractivity contribution in [1.29, 1.82) is 0 Å². The first-order chi connectivity index (χ1) is 13.8. The summed E-state index contributed by atoms with van der Waals surface area (Å²) >= 11 is 6.61. The van der Waals surface area contributed by atoms with E-state index in [1.807, 2.05) is 0 Å². The maximum absolute atomic E-state index is 12.8. The molecule has 0 atom stereocenters. The number of fused-ring (bicyclic) bond motifs is 2. The summed E-state index contributed by atoms with van der Waals surface area (Å²) in [6.07, 6.45) is 7.13. The zero-order valence-corrected chi connectivity index (χ0v) is 17.9. The average molecular weight is 435 g/mol. The lowest BCUT2D eigenvalue weighted by Gasteiger charge is -2.16. The van der Waals surface area contributed by atoms with Gasteiger partial charge in [-0.05, 0) is 66.3 Å². The van der Waals surface area contributed by atoms with Crippen molar-refractivity contribution < 1.29 is 22.4 Å². The maximum Gasteiger partial charge on any atom is 0.218 e. The summed E-state index contributed by atoms with van der Waals surface area (Å²) in [5.41, 5.74) is 5.80. The predicted molar refractivity (Wildman–Crippen MR) is 110 cm³/mol. The molecule has 1 aromatic heterocycles. The molecule has 0 N–H and O–H groups in total. The molecule has 2 aliphatic rings. The van der Waals surface area contributed by atoms with Crippen LogP contribution in [0.3, 0.4) is 0 Å². The first-order valence-electron chi connectivity index (χ1n) is 10.0. The molecule has 0 saturated carbocycles. The van der Waals surface area contributed by atoms with Gasteiger partial charge in [0.05, 0.1) is 5.56 Å².